The second-order valence-corrected chi connectivity index (χ2v) is 3.93. The lowest BCUT2D eigenvalue weighted by Crippen LogP contribution is -2.04. The Morgan fingerprint density at radius 3 is 2.82 bits per heavy atom. The van der Waals surface area contributed by atoms with E-state index in [4.69, 9.17) is 10.5 Å². The Morgan fingerprint density at radius 2 is 2.18 bits per heavy atom. The lowest BCUT2D eigenvalue weighted by atomic mass is 10.1. The van der Waals surface area contributed by atoms with Crippen molar-refractivity contribution < 1.29 is 4.74 Å². The number of rotatable bonds is 3. The lowest BCUT2D eigenvalue weighted by Gasteiger charge is -2.14. The number of fused-ring (bicyclic) bond motifs is 1. The van der Waals surface area contributed by atoms with Crippen molar-refractivity contribution >= 4 is 22.3 Å². The maximum Gasteiger partial charge on any atom is 0.145 e. The summed E-state index contributed by atoms with van der Waals surface area (Å²) in [6.45, 7) is 4.91. The first-order valence-electron chi connectivity index (χ1n) is 5.64. The third-order valence-electron chi connectivity index (χ3n) is 2.79. The zero-order chi connectivity index (χ0) is 12.4. The minimum absolute atomic E-state index is 0.663. The molecule has 0 saturated heterocycles. The summed E-state index contributed by atoms with van der Waals surface area (Å²) >= 11 is 0. The molecule has 1 aromatic carbocycles. The Hall–Kier alpha value is -1.97. The molecule has 0 aliphatic carbocycles. The molecule has 4 heteroatoms. The first-order valence-corrected chi connectivity index (χ1v) is 5.64. The fourth-order valence-corrected chi connectivity index (χ4v) is 1.99. The van der Waals surface area contributed by atoms with E-state index in [1.807, 2.05) is 26.0 Å². The van der Waals surface area contributed by atoms with Crippen LogP contribution < -0.4 is 15.8 Å². The number of nitrogen functional groups attached to an aromatic ring is 1. The van der Waals surface area contributed by atoms with Crippen LogP contribution in [0.1, 0.15) is 12.5 Å². The molecule has 3 N–H and O–H groups in total. The molecule has 2 rings (SSSR count). The highest BCUT2D eigenvalue weighted by Crippen LogP contribution is 2.35. The van der Waals surface area contributed by atoms with Crippen LogP contribution in [0.2, 0.25) is 0 Å². The van der Waals surface area contributed by atoms with E-state index in [0.29, 0.717) is 5.69 Å². The van der Waals surface area contributed by atoms with Crippen molar-refractivity contribution in [3.05, 3.63) is 23.9 Å². The topological polar surface area (TPSA) is 60.2 Å². The summed E-state index contributed by atoms with van der Waals surface area (Å²) in [5, 5.41) is 4.32. The third-order valence-corrected chi connectivity index (χ3v) is 2.79. The van der Waals surface area contributed by atoms with Crippen molar-refractivity contribution in [3.63, 3.8) is 0 Å². The van der Waals surface area contributed by atoms with Crippen LogP contribution in [0.5, 0.6) is 5.75 Å². The summed E-state index contributed by atoms with van der Waals surface area (Å²) in [5.74, 6) is 0.768. The zero-order valence-electron chi connectivity index (χ0n) is 10.4. The first-order chi connectivity index (χ1) is 8.19. The normalized spacial score (nSPS) is 10.5. The van der Waals surface area contributed by atoms with E-state index in [0.717, 1.165) is 34.4 Å². The summed E-state index contributed by atoms with van der Waals surface area (Å²) in [6.07, 6.45) is 1.67. The molecule has 0 radical (unpaired) electrons. The van der Waals surface area contributed by atoms with Gasteiger partial charge in [0.15, 0.2) is 0 Å². The quantitative estimate of drug-likeness (QED) is 0.852. The van der Waals surface area contributed by atoms with Gasteiger partial charge >= 0.3 is 0 Å². The van der Waals surface area contributed by atoms with Gasteiger partial charge in [0.1, 0.15) is 11.3 Å². The van der Waals surface area contributed by atoms with Crippen molar-refractivity contribution in [1.82, 2.24) is 4.98 Å². The van der Waals surface area contributed by atoms with Gasteiger partial charge in [-0.15, -0.1) is 0 Å². The Balaban J connectivity index is 2.82. The number of ether oxygens (including phenoxy) is 1. The molecule has 0 saturated carbocycles. The van der Waals surface area contributed by atoms with Crippen LogP contribution in [0.3, 0.4) is 0 Å². The minimum Gasteiger partial charge on any atom is -0.494 e. The van der Waals surface area contributed by atoms with E-state index in [2.05, 4.69) is 10.3 Å². The van der Waals surface area contributed by atoms with Crippen molar-refractivity contribution in [2.24, 2.45) is 0 Å². The fourth-order valence-electron chi connectivity index (χ4n) is 1.99. The van der Waals surface area contributed by atoms with E-state index in [9.17, 15) is 0 Å². The summed E-state index contributed by atoms with van der Waals surface area (Å²) < 4.78 is 5.32. The average Bonchev–Trinajstić information content (AvgIpc) is 2.33. The second kappa shape index (κ2) is 4.49. The molecule has 1 heterocycles. The molecule has 4 nitrogen and oxygen atoms in total. The van der Waals surface area contributed by atoms with Crippen LogP contribution in [0, 0.1) is 6.92 Å². The number of hydrogen-bond acceptors (Lipinski definition) is 4. The maximum atomic E-state index is 5.97. The molecule has 0 amide bonds. The van der Waals surface area contributed by atoms with Crippen LogP contribution in [0.15, 0.2) is 18.3 Å². The van der Waals surface area contributed by atoms with E-state index < -0.39 is 0 Å². The third kappa shape index (κ3) is 1.86. The number of nitrogens with two attached hydrogens (primary N) is 1. The minimum atomic E-state index is 0.663. The van der Waals surface area contributed by atoms with E-state index in [1.54, 1.807) is 13.3 Å². The summed E-state index contributed by atoms with van der Waals surface area (Å²) in [6, 6.07) is 3.94. The van der Waals surface area contributed by atoms with Crippen LogP contribution in [0.4, 0.5) is 11.4 Å². The Labute approximate surface area is 101 Å². The number of hydrogen-bond donors (Lipinski definition) is 2. The van der Waals surface area contributed by atoms with Crippen molar-refractivity contribution in [2.45, 2.75) is 13.8 Å². The number of nitrogens with zero attached hydrogens (tertiary/aromatic N) is 1. The zero-order valence-corrected chi connectivity index (χ0v) is 10.4. The Bertz CT molecular complexity index is 552. The molecule has 0 fully saturated rings. The predicted octanol–water partition coefficient (Wildman–Crippen LogP) is 2.57. The summed E-state index contributed by atoms with van der Waals surface area (Å²) in [4.78, 5) is 4.37. The van der Waals surface area contributed by atoms with Gasteiger partial charge in [0.05, 0.1) is 24.7 Å². The van der Waals surface area contributed by atoms with Gasteiger partial charge in [-0.1, -0.05) is 6.07 Å². The molecule has 0 aliphatic heterocycles. The van der Waals surface area contributed by atoms with Gasteiger partial charge in [-0.3, -0.25) is 4.98 Å². The number of pyridine rings is 1. The van der Waals surface area contributed by atoms with Crippen LogP contribution in [0.25, 0.3) is 10.9 Å². The largest absolute Gasteiger partial charge is 0.494 e. The Morgan fingerprint density at radius 1 is 1.41 bits per heavy atom. The second-order valence-electron chi connectivity index (χ2n) is 3.93. The predicted molar refractivity (Wildman–Crippen MR) is 71.6 cm³/mol. The molecule has 90 valence electrons. The molecule has 0 unspecified atom stereocenters. The molecule has 0 atom stereocenters. The molecular weight excluding hydrogens is 214 g/mol. The van der Waals surface area contributed by atoms with E-state index in [1.165, 1.54) is 0 Å². The van der Waals surface area contributed by atoms with E-state index in [-0.39, 0.29) is 0 Å². The van der Waals surface area contributed by atoms with Gasteiger partial charge in [-0.2, -0.15) is 0 Å². The lowest BCUT2D eigenvalue weighted by molar-refractivity contribution is 0.419. The standard InChI is InChI=1S/C13H17N3O/c1-4-15-12-9(14)7-16-13-10(17-3)6-5-8(2)11(12)13/h5-7H,4,14H2,1-3H3,(H,15,16). The van der Waals surface area contributed by atoms with Crippen LogP contribution in [-0.2, 0) is 0 Å². The Kier molecular flexibility index (Phi) is 3.04. The molecular formula is C13H17N3O. The van der Waals surface area contributed by atoms with Crippen molar-refractivity contribution in [2.75, 3.05) is 24.7 Å². The van der Waals surface area contributed by atoms with Gasteiger partial charge in [0.25, 0.3) is 0 Å². The van der Waals surface area contributed by atoms with Gasteiger partial charge in [-0.05, 0) is 25.5 Å². The molecule has 0 aliphatic rings. The van der Waals surface area contributed by atoms with Gasteiger partial charge < -0.3 is 15.8 Å². The van der Waals surface area contributed by atoms with Crippen molar-refractivity contribution in [3.8, 4) is 5.75 Å². The number of methoxy groups -OCH3 is 1. The molecule has 1 aromatic heterocycles. The van der Waals surface area contributed by atoms with Crippen LogP contribution in [-0.4, -0.2) is 18.6 Å². The maximum absolute atomic E-state index is 5.97. The van der Waals surface area contributed by atoms with E-state index >= 15 is 0 Å². The number of nitrogens with one attached hydrogen (secondary N) is 1. The van der Waals surface area contributed by atoms with Crippen LogP contribution >= 0.6 is 0 Å². The highest BCUT2D eigenvalue weighted by molar-refractivity contribution is 6.01. The van der Waals surface area contributed by atoms with Gasteiger partial charge in [0, 0.05) is 11.9 Å². The number of aryl methyl sites for hydroxylation is 1. The molecule has 0 bridgehead atoms. The number of benzene rings is 1. The molecule has 0 spiro atoms. The highest BCUT2D eigenvalue weighted by atomic mass is 16.5. The monoisotopic (exact) mass is 231 g/mol. The summed E-state index contributed by atoms with van der Waals surface area (Å²) in [7, 11) is 1.65. The molecule has 2 aromatic rings. The van der Waals surface area contributed by atoms with Gasteiger partial charge in [-0.25, -0.2) is 0 Å². The van der Waals surface area contributed by atoms with Gasteiger partial charge in [0.2, 0.25) is 0 Å². The molecule has 17 heavy (non-hydrogen) atoms. The smallest absolute Gasteiger partial charge is 0.145 e. The number of anilines is 2. The highest BCUT2D eigenvalue weighted by Gasteiger charge is 2.12. The SMILES string of the molecule is CCNc1c(N)cnc2c(OC)ccc(C)c12. The average molecular weight is 231 g/mol. The first kappa shape index (κ1) is 11.5. The number of aromatic nitrogens is 1. The summed E-state index contributed by atoms with van der Waals surface area (Å²) in [5.41, 5.74) is 9.55. The fraction of sp³-hybridized carbons (Fsp3) is 0.308. The van der Waals surface area contributed by atoms with Crippen molar-refractivity contribution in [1.29, 1.82) is 0 Å².